The van der Waals surface area contributed by atoms with E-state index in [1.54, 1.807) is 7.05 Å². The molecule has 1 atom stereocenters. The van der Waals surface area contributed by atoms with Crippen molar-refractivity contribution in [2.24, 2.45) is 5.73 Å². The van der Waals surface area contributed by atoms with E-state index in [-0.39, 0.29) is 12.5 Å². The predicted octanol–water partition coefficient (Wildman–Crippen LogP) is 0.508. The molecule has 5 heteroatoms. The number of ether oxygens (including phenoxy) is 1. The van der Waals surface area contributed by atoms with Crippen LogP contribution < -0.4 is 15.4 Å². The quantitative estimate of drug-likeness (QED) is 0.678. The Labute approximate surface area is 86.4 Å². The Hall–Kier alpha value is -1.62. The van der Waals surface area contributed by atoms with Crippen LogP contribution in [0.2, 0.25) is 0 Å². The lowest BCUT2D eigenvalue weighted by Gasteiger charge is -2.17. The zero-order chi connectivity index (χ0) is 11.0. The third-order valence-corrected chi connectivity index (χ3v) is 2.35. The fraction of sp³-hybridized carbons (Fsp3) is 0.300. The molecule has 2 rings (SSSR count). The number of carbonyl (C=O) groups excluding carboxylic acids is 1. The largest absolute Gasteiger partial charge is 0.489 e. The van der Waals surface area contributed by atoms with E-state index in [0.717, 1.165) is 0 Å². The Morgan fingerprint density at radius 3 is 3.07 bits per heavy atom. The van der Waals surface area contributed by atoms with Crippen LogP contribution >= 0.6 is 0 Å². The molecule has 1 aliphatic heterocycles. The molecule has 2 N–H and O–H groups in total. The van der Waals surface area contributed by atoms with Gasteiger partial charge >= 0.3 is 0 Å². The van der Waals surface area contributed by atoms with Gasteiger partial charge < -0.3 is 15.4 Å². The summed E-state index contributed by atoms with van der Waals surface area (Å²) in [5.74, 6) is -0.216. The monoisotopic (exact) mass is 210 g/mol. The van der Waals surface area contributed by atoms with Crippen LogP contribution in [-0.2, 0) is 4.79 Å². The highest BCUT2D eigenvalue weighted by Gasteiger charge is 2.26. The average molecular weight is 210 g/mol. The van der Waals surface area contributed by atoms with Gasteiger partial charge in [-0.3, -0.25) is 4.79 Å². The lowest BCUT2D eigenvalue weighted by Crippen LogP contribution is -2.43. The number of carbonyl (C=O) groups is 1. The summed E-state index contributed by atoms with van der Waals surface area (Å²) in [5.41, 5.74) is 5.99. The lowest BCUT2D eigenvalue weighted by molar-refractivity contribution is -0.119. The molecule has 0 aliphatic carbocycles. The number of fused-ring (bicyclic) bond motifs is 1. The molecule has 0 aromatic heterocycles. The van der Waals surface area contributed by atoms with E-state index in [9.17, 15) is 9.18 Å². The van der Waals surface area contributed by atoms with Crippen molar-refractivity contribution in [3.8, 4) is 5.75 Å². The Bertz CT molecular complexity index is 408. The zero-order valence-corrected chi connectivity index (χ0v) is 8.24. The van der Waals surface area contributed by atoms with Gasteiger partial charge in [0.2, 0.25) is 5.91 Å². The molecule has 0 spiro atoms. The van der Waals surface area contributed by atoms with Gasteiger partial charge in [-0.15, -0.1) is 0 Å². The van der Waals surface area contributed by atoms with E-state index in [1.807, 2.05) is 0 Å². The number of anilines is 1. The van der Waals surface area contributed by atoms with Gasteiger partial charge in [-0.05, 0) is 12.1 Å². The van der Waals surface area contributed by atoms with E-state index in [4.69, 9.17) is 10.5 Å². The molecule has 0 fully saturated rings. The zero-order valence-electron chi connectivity index (χ0n) is 8.24. The first kappa shape index (κ1) is 9.92. The Balaban J connectivity index is 2.48. The number of likely N-dealkylation sites (N-methyl/N-ethyl adjacent to an activating group) is 1. The van der Waals surface area contributed by atoms with E-state index in [2.05, 4.69) is 0 Å². The summed E-state index contributed by atoms with van der Waals surface area (Å²) in [6, 6.07) is 3.33. The molecule has 0 bridgehead atoms. The van der Waals surface area contributed by atoms with E-state index >= 15 is 0 Å². The van der Waals surface area contributed by atoms with Crippen molar-refractivity contribution >= 4 is 11.6 Å². The van der Waals surface area contributed by atoms with Crippen LogP contribution in [-0.4, -0.2) is 25.6 Å². The first-order chi connectivity index (χ1) is 7.09. The molecule has 1 aliphatic rings. The maximum atomic E-state index is 13.0. The van der Waals surface area contributed by atoms with Gasteiger partial charge in [0.25, 0.3) is 0 Å². The SMILES string of the molecule is CN1C(=O)[C@@H](N)COc2ccc(F)cc21. The summed E-state index contributed by atoms with van der Waals surface area (Å²) in [6.07, 6.45) is 0. The number of rotatable bonds is 0. The smallest absolute Gasteiger partial charge is 0.247 e. The number of halogens is 1. The second-order valence-corrected chi connectivity index (χ2v) is 3.43. The summed E-state index contributed by atoms with van der Waals surface area (Å²) in [6.45, 7) is 0.113. The molecule has 1 heterocycles. The van der Waals surface area contributed by atoms with Crippen LogP contribution in [0.5, 0.6) is 5.75 Å². The number of benzene rings is 1. The maximum absolute atomic E-state index is 13.0. The van der Waals surface area contributed by atoms with Crippen molar-refractivity contribution in [3.05, 3.63) is 24.0 Å². The van der Waals surface area contributed by atoms with E-state index in [1.165, 1.54) is 23.1 Å². The first-order valence-corrected chi connectivity index (χ1v) is 4.55. The van der Waals surface area contributed by atoms with E-state index in [0.29, 0.717) is 11.4 Å². The van der Waals surface area contributed by atoms with Crippen LogP contribution in [0, 0.1) is 5.82 Å². The molecule has 4 nitrogen and oxygen atoms in total. The van der Waals surface area contributed by atoms with Crippen LogP contribution in [0.4, 0.5) is 10.1 Å². The van der Waals surface area contributed by atoms with Crippen molar-refractivity contribution in [1.29, 1.82) is 0 Å². The van der Waals surface area contributed by atoms with Crippen molar-refractivity contribution in [2.75, 3.05) is 18.6 Å². The summed E-state index contributed by atoms with van der Waals surface area (Å²) in [5, 5.41) is 0. The number of nitrogens with zero attached hydrogens (tertiary/aromatic N) is 1. The van der Waals surface area contributed by atoms with Gasteiger partial charge in [0, 0.05) is 13.1 Å². The normalized spacial score (nSPS) is 20.6. The Morgan fingerprint density at radius 1 is 1.60 bits per heavy atom. The molecular formula is C10H11FN2O2. The Morgan fingerprint density at radius 2 is 2.33 bits per heavy atom. The highest BCUT2D eigenvalue weighted by atomic mass is 19.1. The summed E-state index contributed by atoms with van der Waals surface area (Å²) in [7, 11) is 1.55. The highest BCUT2D eigenvalue weighted by Crippen LogP contribution is 2.30. The van der Waals surface area contributed by atoms with Crippen molar-refractivity contribution in [2.45, 2.75) is 6.04 Å². The summed E-state index contributed by atoms with van der Waals surface area (Å²) in [4.78, 5) is 12.9. The van der Waals surface area contributed by atoms with Crippen molar-refractivity contribution < 1.29 is 13.9 Å². The predicted molar refractivity (Wildman–Crippen MR) is 53.3 cm³/mol. The van der Waals surface area contributed by atoms with Gasteiger partial charge in [0.1, 0.15) is 24.2 Å². The molecule has 0 unspecified atom stereocenters. The number of hydrogen-bond donors (Lipinski definition) is 1. The Kier molecular flexibility index (Phi) is 2.32. The molecule has 80 valence electrons. The molecule has 1 aromatic rings. The van der Waals surface area contributed by atoms with Gasteiger partial charge in [-0.25, -0.2) is 4.39 Å². The molecule has 15 heavy (non-hydrogen) atoms. The highest BCUT2D eigenvalue weighted by molar-refractivity contribution is 5.98. The second-order valence-electron chi connectivity index (χ2n) is 3.43. The topological polar surface area (TPSA) is 55.6 Å². The first-order valence-electron chi connectivity index (χ1n) is 4.55. The molecule has 0 radical (unpaired) electrons. The minimum Gasteiger partial charge on any atom is -0.489 e. The second kappa shape index (κ2) is 3.51. The summed E-state index contributed by atoms with van der Waals surface area (Å²) < 4.78 is 18.3. The summed E-state index contributed by atoms with van der Waals surface area (Å²) >= 11 is 0. The van der Waals surface area contributed by atoms with Gasteiger partial charge in [-0.2, -0.15) is 0 Å². The van der Waals surface area contributed by atoms with Crippen LogP contribution in [0.1, 0.15) is 0 Å². The minimum atomic E-state index is -0.703. The molecule has 1 aromatic carbocycles. The van der Waals surface area contributed by atoms with Gasteiger partial charge in [0.05, 0.1) is 5.69 Å². The number of nitrogens with two attached hydrogens (primary N) is 1. The maximum Gasteiger partial charge on any atom is 0.247 e. The van der Waals surface area contributed by atoms with Crippen molar-refractivity contribution in [1.82, 2.24) is 0 Å². The molecule has 0 saturated carbocycles. The van der Waals surface area contributed by atoms with Crippen LogP contribution in [0.3, 0.4) is 0 Å². The van der Waals surface area contributed by atoms with Crippen LogP contribution in [0.25, 0.3) is 0 Å². The standard InChI is InChI=1S/C10H11FN2O2/c1-13-8-4-6(11)2-3-9(8)15-5-7(12)10(13)14/h2-4,7H,5,12H2,1H3/t7-/m0/s1. The lowest BCUT2D eigenvalue weighted by atomic mass is 10.2. The van der Waals surface area contributed by atoms with Crippen LogP contribution in [0.15, 0.2) is 18.2 Å². The third-order valence-electron chi connectivity index (χ3n) is 2.35. The third kappa shape index (κ3) is 1.66. The van der Waals surface area contributed by atoms with Gasteiger partial charge in [0.15, 0.2) is 0 Å². The molecule has 0 saturated heterocycles. The van der Waals surface area contributed by atoms with Gasteiger partial charge in [-0.1, -0.05) is 0 Å². The minimum absolute atomic E-state index is 0.113. The van der Waals surface area contributed by atoms with Crippen molar-refractivity contribution in [3.63, 3.8) is 0 Å². The van der Waals surface area contributed by atoms with E-state index < -0.39 is 11.9 Å². The molecular weight excluding hydrogens is 199 g/mol. The molecule has 1 amide bonds. The number of hydrogen-bond acceptors (Lipinski definition) is 3. The number of amides is 1. The fourth-order valence-corrected chi connectivity index (χ4v) is 1.49. The fourth-order valence-electron chi connectivity index (χ4n) is 1.49. The average Bonchev–Trinajstić information content (AvgIpc) is 2.32.